The molecule has 0 saturated heterocycles. The Morgan fingerprint density at radius 2 is 2.03 bits per heavy atom. The summed E-state index contributed by atoms with van der Waals surface area (Å²) in [6, 6.07) is 9.11. The number of hydrogen-bond donors (Lipinski definition) is 2. The highest BCUT2D eigenvalue weighted by atomic mass is 32.2. The van der Waals surface area contributed by atoms with E-state index >= 15 is 0 Å². The van der Waals surface area contributed by atoms with Crippen molar-refractivity contribution in [1.82, 2.24) is 14.5 Å². The number of anilines is 1. The zero-order valence-corrected chi connectivity index (χ0v) is 17.7. The second-order valence-electron chi connectivity index (χ2n) is 7.04. The van der Waals surface area contributed by atoms with Gasteiger partial charge in [-0.05, 0) is 42.9 Å². The smallest absolute Gasteiger partial charge is 0.322 e. The van der Waals surface area contributed by atoms with Crippen molar-refractivity contribution in [3.05, 3.63) is 62.4 Å². The number of benzene rings is 1. The normalized spacial score (nSPS) is 11.2. The fourth-order valence-electron chi connectivity index (χ4n) is 3.10. The van der Waals surface area contributed by atoms with E-state index in [1.165, 1.54) is 4.57 Å². The maximum atomic E-state index is 13.1. The molecule has 0 unspecified atom stereocenters. The van der Waals surface area contributed by atoms with Crippen LogP contribution in [0.2, 0.25) is 0 Å². The summed E-state index contributed by atoms with van der Waals surface area (Å²) < 4.78 is 1.42. The molecular weight excluding hydrogens is 388 g/mol. The number of nitrogens with zero attached hydrogens (tertiary/aromatic N) is 2. The van der Waals surface area contributed by atoms with Crippen LogP contribution in [0.25, 0.3) is 11.0 Å². The van der Waals surface area contributed by atoms with Crippen LogP contribution in [0, 0.1) is 0 Å². The maximum Gasteiger partial charge on any atom is 0.329 e. The number of aromatic nitrogens is 3. The van der Waals surface area contributed by atoms with Gasteiger partial charge < -0.3 is 5.32 Å². The highest BCUT2D eigenvalue weighted by Gasteiger charge is 2.20. The number of rotatable bonds is 6. The lowest BCUT2D eigenvalue weighted by Crippen LogP contribution is -2.32. The Morgan fingerprint density at radius 1 is 1.28 bits per heavy atom. The van der Waals surface area contributed by atoms with Crippen molar-refractivity contribution in [2.24, 2.45) is 0 Å². The summed E-state index contributed by atoms with van der Waals surface area (Å²) in [5, 5.41) is 2.99. The molecule has 2 N–H and O–H groups in total. The number of carbonyl (C=O) groups excluding carboxylic acids is 1. The number of fused-ring (bicyclic) bond motifs is 1. The average Bonchev–Trinajstić information content (AvgIpc) is 2.70. The highest BCUT2D eigenvalue weighted by molar-refractivity contribution is 7.98. The number of thioether (sulfide) groups is 1. The zero-order chi connectivity index (χ0) is 21.1. The first kappa shape index (κ1) is 20.9. The van der Waals surface area contributed by atoms with Crippen LogP contribution in [0.1, 0.15) is 49.2 Å². The van der Waals surface area contributed by atoms with Crippen LogP contribution in [0.15, 0.2) is 44.8 Å². The minimum absolute atomic E-state index is 0.0234. The van der Waals surface area contributed by atoms with E-state index in [0.29, 0.717) is 24.3 Å². The molecule has 0 saturated carbocycles. The van der Waals surface area contributed by atoms with Crippen molar-refractivity contribution in [2.45, 2.75) is 44.6 Å². The van der Waals surface area contributed by atoms with E-state index in [-0.39, 0.29) is 22.5 Å². The van der Waals surface area contributed by atoms with Crippen molar-refractivity contribution in [1.29, 1.82) is 0 Å². The van der Waals surface area contributed by atoms with E-state index in [4.69, 9.17) is 0 Å². The van der Waals surface area contributed by atoms with Crippen molar-refractivity contribution in [3.8, 4) is 0 Å². The summed E-state index contributed by atoms with van der Waals surface area (Å²) in [4.78, 5) is 46.0. The van der Waals surface area contributed by atoms with E-state index in [0.717, 1.165) is 4.90 Å². The Hall–Kier alpha value is -2.87. The van der Waals surface area contributed by atoms with Crippen LogP contribution in [-0.4, -0.2) is 26.7 Å². The molecule has 3 aromatic rings. The maximum absolute atomic E-state index is 13.1. The van der Waals surface area contributed by atoms with E-state index in [2.05, 4.69) is 15.3 Å². The van der Waals surface area contributed by atoms with Gasteiger partial charge in [-0.2, -0.15) is 0 Å². The average molecular weight is 413 g/mol. The lowest BCUT2D eigenvalue weighted by molar-refractivity contribution is 0.102. The van der Waals surface area contributed by atoms with Crippen molar-refractivity contribution in [3.63, 3.8) is 0 Å². The van der Waals surface area contributed by atoms with Crippen LogP contribution in [-0.2, 0) is 6.54 Å². The van der Waals surface area contributed by atoms with E-state index < -0.39 is 17.2 Å². The molecule has 8 heteroatoms. The topological polar surface area (TPSA) is 96.9 Å². The van der Waals surface area contributed by atoms with Crippen molar-refractivity contribution in [2.75, 3.05) is 11.6 Å². The molecule has 0 aliphatic rings. The number of hydrogen-bond acceptors (Lipinski definition) is 5. The van der Waals surface area contributed by atoms with Gasteiger partial charge in [-0.1, -0.05) is 26.8 Å². The third-order valence-electron chi connectivity index (χ3n) is 4.58. The van der Waals surface area contributed by atoms with Gasteiger partial charge >= 0.3 is 5.69 Å². The van der Waals surface area contributed by atoms with Crippen LogP contribution in [0.5, 0.6) is 0 Å². The molecule has 0 fully saturated rings. The molecule has 29 heavy (non-hydrogen) atoms. The highest BCUT2D eigenvalue weighted by Crippen LogP contribution is 2.23. The monoisotopic (exact) mass is 412 g/mol. The summed E-state index contributed by atoms with van der Waals surface area (Å²) in [5.74, 6) is -0.389. The van der Waals surface area contributed by atoms with Gasteiger partial charge in [-0.15, -0.1) is 11.8 Å². The molecule has 0 aliphatic heterocycles. The predicted octanol–water partition coefficient (Wildman–Crippen LogP) is 3.59. The quantitative estimate of drug-likeness (QED) is 0.603. The minimum Gasteiger partial charge on any atom is -0.322 e. The van der Waals surface area contributed by atoms with E-state index in [9.17, 15) is 14.4 Å². The van der Waals surface area contributed by atoms with E-state index in [1.54, 1.807) is 23.9 Å². The lowest BCUT2D eigenvalue weighted by Gasteiger charge is -2.14. The Balaban J connectivity index is 2.22. The lowest BCUT2D eigenvalue weighted by atomic mass is 10.0. The van der Waals surface area contributed by atoms with Gasteiger partial charge in [0.25, 0.3) is 11.5 Å². The zero-order valence-electron chi connectivity index (χ0n) is 16.9. The Bertz CT molecular complexity index is 1180. The summed E-state index contributed by atoms with van der Waals surface area (Å²) in [6.45, 7) is 6.24. The second-order valence-corrected chi connectivity index (χ2v) is 7.92. The minimum atomic E-state index is -0.608. The Labute approximate surface area is 172 Å². The standard InChI is InChI=1S/C21H24N4O3S/c1-5-9-25-18-17(20(27)24-21(25)28)15(11-16(23-18)12(2)3)19(26)22-13-7-6-8-14(10-13)29-4/h6-8,10-12H,5,9H2,1-4H3,(H,22,26)(H,24,27,28). The fraction of sp³-hybridized carbons (Fsp3) is 0.333. The number of nitrogens with one attached hydrogen (secondary N) is 2. The number of pyridine rings is 1. The Kier molecular flexibility index (Phi) is 6.22. The fourth-order valence-corrected chi connectivity index (χ4v) is 3.56. The van der Waals surface area contributed by atoms with Gasteiger partial charge in [-0.25, -0.2) is 9.78 Å². The second kappa shape index (κ2) is 8.65. The molecular formula is C21H24N4O3S. The van der Waals surface area contributed by atoms with Crippen LogP contribution in [0.4, 0.5) is 5.69 Å². The molecule has 0 aliphatic carbocycles. The molecule has 0 spiro atoms. The predicted molar refractivity (Wildman–Crippen MR) is 117 cm³/mol. The van der Waals surface area contributed by atoms with Gasteiger partial charge in [0.15, 0.2) is 5.65 Å². The number of H-pyrrole nitrogens is 1. The van der Waals surface area contributed by atoms with Gasteiger partial charge in [-0.3, -0.25) is 19.1 Å². The molecule has 152 valence electrons. The first-order valence-electron chi connectivity index (χ1n) is 9.48. The summed E-state index contributed by atoms with van der Waals surface area (Å²) in [6.07, 6.45) is 2.65. The van der Waals surface area contributed by atoms with Crippen molar-refractivity contribution < 1.29 is 4.79 Å². The first-order chi connectivity index (χ1) is 13.8. The first-order valence-corrected chi connectivity index (χ1v) is 10.7. The number of aromatic amines is 1. The third kappa shape index (κ3) is 4.27. The molecule has 2 aromatic heterocycles. The third-order valence-corrected chi connectivity index (χ3v) is 5.30. The molecule has 1 amide bonds. The Morgan fingerprint density at radius 3 is 2.69 bits per heavy atom. The molecule has 0 bridgehead atoms. The SMILES string of the molecule is CCCn1c(=O)[nH]c(=O)c2c(C(=O)Nc3cccc(SC)c3)cc(C(C)C)nc21. The molecule has 1 aromatic carbocycles. The molecule has 0 radical (unpaired) electrons. The van der Waals surface area contributed by atoms with Gasteiger partial charge in [0.05, 0.1) is 10.9 Å². The molecule has 3 rings (SSSR count). The van der Waals surface area contributed by atoms with Crippen LogP contribution >= 0.6 is 11.8 Å². The van der Waals surface area contributed by atoms with Crippen LogP contribution in [0.3, 0.4) is 0 Å². The van der Waals surface area contributed by atoms with Crippen LogP contribution < -0.4 is 16.6 Å². The number of amides is 1. The summed E-state index contributed by atoms with van der Waals surface area (Å²) >= 11 is 1.57. The summed E-state index contributed by atoms with van der Waals surface area (Å²) in [7, 11) is 0. The van der Waals surface area contributed by atoms with Gasteiger partial charge in [0.1, 0.15) is 0 Å². The largest absolute Gasteiger partial charge is 0.329 e. The van der Waals surface area contributed by atoms with Gasteiger partial charge in [0, 0.05) is 22.8 Å². The van der Waals surface area contributed by atoms with Gasteiger partial charge in [0.2, 0.25) is 0 Å². The van der Waals surface area contributed by atoms with Crippen molar-refractivity contribution >= 4 is 34.4 Å². The van der Waals surface area contributed by atoms with E-state index in [1.807, 2.05) is 45.2 Å². The molecule has 7 nitrogen and oxygen atoms in total. The summed E-state index contributed by atoms with van der Waals surface area (Å²) in [5.41, 5.74) is 0.612. The number of carbonyl (C=O) groups is 1. The molecule has 2 heterocycles. The number of aryl methyl sites for hydroxylation is 1. The molecule has 0 atom stereocenters.